The fraction of sp³-hybridized carbons (Fsp3) is 0.800. The maximum Gasteiger partial charge on any atom is 0.240 e. The van der Waals surface area contributed by atoms with E-state index in [4.69, 9.17) is 5.26 Å². The Hall–Kier alpha value is -1.08. The SMILES string of the molecule is CC(CN(C)C)NC(=O)C1(C#N)CC1. The molecular weight excluding hydrogens is 178 g/mol. The second-order valence-corrected chi connectivity index (χ2v) is 4.33. The van der Waals surface area contributed by atoms with Crippen molar-refractivity contribution in [1.82, 2.24) is 10.2 Å². The van der Waals surface area contributed by atoms with Gasteiger partial charge in [-0.2, -0.15) is 5.26 Å². The van der Waals surface area contributed by atoms with Gasteiger partial charge in [-0.1, -0.05) is 0 Å². The molecule has 4 nitrogen and oxygen atoms in total. The highest BCUT2D eigenvalue weighted by molar-refractivity contribution is 5.88. The van der Waals surface area contributed by atoms with E-state index < -0.39 is 5.41 Å². The van der Waals surface area contributed by atoms with Crippen LogP contribution in [0.4, 0.5) is 0 Å². The van der Waals surface area contributed by atoms with Crippen molar-refractivity contribution in [3.05, 3.63) is 0 Å². The maximum atomic E-state index is 11.6. The predicted octanol–water partition coefficient (Wildman–Crippen LogP) is 0.356. The molecule has 1 saturated carbocycles. The molecule has 0 bridgehead atoms. The summed E-state index contributed by atoms with van der Waals surface area (Å²) in [6.07, 6.45) is 1.42. The summed E-state index contributed by atoms with van der Waals surface area (Å²) in [5, 5.41) is 11.7. The summed E-state index contributed by atoms with van der Waals surface area (Å²) in [5.41, 5.74) is -0.694. The summed E-state index contributed by atoms with van der Waals surface area (Å²) in [4.78, 5) is 13.6. The third kappa shape index (κ3) is 2.46. The van der Waals surface area contributed by atoms with Gasteiger partial charge in [0, 0.05) is 12.6 Å². The Labute approximate surface area is 84.9 Å². The molecule has 1 amide bonds. The predicted molar refractivity (Wildman–Crippen MR) is 53.4 cm³/mol. The lowest BCUT2D eigenvalue weighted by Crippen LogP contribution is -2.42. The molecule has 0 radical (unpaired) electrons. The number of nitriles is 1. The van der Waals surface area contributed by atoms with Gasteiger partial charge in [-0.25, -0.2) is 0 Å². The average molecular weight is 195 g/mol. The summed E-state index contributed by atoms with van der Waals surface area (Å²) in [6, 6.07) is 2.19. The lowest BCUT2D eigenvalue weighted by atomic mass is 10.1. The fourth-order valence-corrected chi connectivity index (χ4v) is 1.47. The van der Waals surface area contributed by atoms with Crippen LogP contribution in [0, 0.1) is 16.7 Å². The highest BCUT2D eigenvalue weighted by Crippen LogP contribution is 2.45. The lowest BCUT2D eigenvalue weighted by molar-refractivity contribution is -0.125. The molecule has 1 fully saturated rings. The van der Waals surface area contributed by atoms with Crippen molar-refractivity contribution in [2.45, 2.75) is 25.8 Å². The Bertz CT molecular complexity index is 263. The van der Waals surface area contributed by atoms with E-state index in [0.717, 1.165) is 6.54 Å². The van der Waals surface area contributed by atoms with E-state index in [0.29, 0.717) is 12.8 Å². The summed E-state index contributed by atoms with van der Waals surface area (Å²) in [7, 11) is 3.92. The van der Waals surface area contributed by atoms with Gasteiger partial charge < -0.3 is 10.2 Å². The molecule has 78 valence electrons. The van der Waals surface area contributed by atoms with Crippen molar-refractivity contribution in [3.63, 3.8) is 0 Å². The molecule has 14 heavy (non-hydrogen) atoms. The molecule has 1 rings (SSSR count). The Morgan fingerprint density at radius 3 is 2.57 bits per heavy atom. The molecule has 0 aliphatic heterocycles. The van der Waals surface area contributed by atoms with E-state index in [9.17, 15) is 4.79 Å². The molecule has 1 atom stereocenters. The first-order valence-corrected chi connectivity index (χ1v) is 4.87. The minimum Gasteiger partial charge on any atom is -0.351 e. The van der Waals surface area contributed by atoms with Gasteiger partial charge in [0.05, 0.1) is 6.07 Å². The molecule has 1 aliphatic rings. The second kappa shape index (κ2) is 3.97. The van der Waals surface area contributed by atoms with E-state index in [-0.39, 0.29) is 11.9 Å². The summed E-state index contributed by atoms with van der Waals surface area (Å²) in [5.74, 6) is -0.102. The van der Waals surface area contributed by atoms with Gasteiger partial charge in [-0.3, -0.25) is 4.79 Å². The summed E-state index contributed by atoms with van der Waals surface area (Å²) in [6.45, 7) is 2.75. The monoisotopic (exact) mass is 195 g/mol. The molecule has 0 aromatic rings. The summed E-state index contributed by atoms with van der Waals surface area (Å²) >= 11 is 0. The Morgan fingerprint density at radius 2 is 2.21 bits per heavy atom. The third-order valence-electron chi connectivity index (χ3n) is 2.42. The fourth-order valence-electron chi connectivity index (χ4n) is 1.47. The normalized spacial score (nSPS) is 19.9. The van der Waals surface area contributed by atoms with Gasteiger partial charge in [0.25, 0.3) is 0 Å². The molecule has 1 aliphatic carbocycles. The molecule has 0 aromatic heterocycles. The molecule has 0 aromatic carbocycles. The quantitative estimate of drug-likeness (QED) is 0.704. The number of hydrogen-bond donors (Lipinski definition) is 1. The molecule has 1 N–H and O–H groups in total. The van der Waals surface area contributed by atoms with Crippen molar-refractivity contribution in [2.24, 2.45) is 5.41 Å². The highest BCUT2D eigenvalue weighted by atomic mass is 16.2. The average Bonchev–Trinajstić information content (AvgIpc) is 2.82. The molecule has 0 spiro atoms. The van der Waals surface area contributed by atoms with Gasteiger partial charge in [-0.15, -0.1) is 0 Å². The topological polar surface area (TPSA) is 56.1 Å². The lowest BCUT2D eigenvalue weighted by Gasteiger charge is -2.19. The number of likely N-dealkylation sites (N-methyl/N-ethyl adjacent to an activating group) is 1. The van der Waals surface area contributed by atoms with Gasteiger partial charge in [-0.05, 0) is 33.9 Å². The van der Waals surface area contributed by atoms with Gasteiger partial charge in [0.1, 0.15) is 5.41 Å². The third-order valence-corrected chi connectivity index (χ3v) is 2.42. The zero-order valence-corrected chi connectivity index (χ0v) is 9.00. The van der Waals surface area contributed by atoms with Crippen LogP contribution in [-0.2, 0) is 4.79 Å². The highest BCUT2D eigenvalue weighted by Gasteiger charge is 2.50. The van der Waals surface area contributed by atoms with E-state index in [1.54, 1.807) is 0 Å². The number of rotatable bonds is 4. The smallest absolute Gasteiger partial charge is 0.240 e. The van der Waals surface area contributed by atoms with E-state index >= 15 is 0 Å². The van der Waals surface area contributed by atoms with Crippen LogP contribution >= 0.6 is 0 Å². The van der Waals surface area contributed by atoms with Crippen LogP contribution in [0.3, 0.4) is 0 Å². The number of nitrogens with one attached hydrogen (secondary N) is 1. The van der Waals surface area contributed by atoms with Crippen molar-refractivity contribution >= 4 is 5.91 Å². The van der Waals surface area contributed by atoms with Crippen LogP contribution in [0.1, 0.15) is 19.8 Å². The van der Waals surface area contributed by atoms with Crippen LogP contribution in [0.5, 0.6) is 0 Å². The number of amides is 1. The molecule has 1 unspecified atom stereocenters. The number of carbonyl (C=O) groups is 1. The van der Waals surface area contributed by atoms with Crippen LogP contribution in [0.2, 0.25) is 0 Å². The molecule has 0 heterocycles. The van der Waals surface area contributed by atoms with E-state index in [1.807, 2.05) is 25.9 Å². The van der Waals surface area contributed by atoms with Crippen LogP contribution in [0.15, 0.2) is 0 Å². The van der Waals surface area contributed by atoms with Crippen molar-refractivity contribution in [3.8, 4) is 6.07 Å². The molecule has 0 saturated heterocycles. The van der Waals surface area contributed by atoms with E-state index in [1.165, 1.54) is 0 Å². The number of nitrogens with zero attached hydrogens (tertiary/aromatic N) is 2. The first-order chi connectivity index (χ1) is 6.50. The second-order valence-electron chi connectivity index (χ2n) is 4.33. The van der Waals surface area contributed by atoms with E-state index in [2.05, 4.69) is 11.4 Å². The largest absolute Gasteiger partial charge is 0.351 e. The Balaban J connectivity index is 2.38. The van der Waals surface area contributed by atoms with Crippen LogP contribution in [-0.4, -0.2) is 37.5 Å². The molecule has 4 heteroatoms. The minimum absolute atomic E-state index is 0.100. The van der Waals surface area contributed by atoms with Crippen molar-refractivity contribution in [1.29, 1.82) is 5.26 Å². The van der Waals surface area contributed by atoms with Crippen molar-refractivity contribution < 1.29 is 4.79 Å². The zero-order chi connectivity index (χ0) is 10.8. The molecular formula is C10H17N3O. The minimum atomic E-state index is -0.694. The van der Waals surface area contributed by atoms with Crippen LogP contribution in [0.25, 0.3) is 0 Å². The Kier molecular flexibility index (Phi) is 3.12. The van der Waals surface area contributed by atoms with Gasteiger partial charge >= 0.3 is 0 Å². The Morgan fingerprint density at radius 1 is 1.64 bits per heavy atom. The van der Waals surface area contributed by atoms with Gasteiger partial charge in [0.2, 0.25) is 5.91 Å². The standard InChI is InChI=1S/C10H17N3O/c1-8(6-13(2)3)12-9(14)10(7-11)4-5-10/h8H,4-6H2,1-3H3,(H,12,14). The van der Waals surface area contributed by atoms with Crippen molar-refractivity contribution in [2.75, 3.05) is 20.6 Å². The first kappa shape index (κ1) is 11.0. The summed E-state index contributed by atoms with van der Waals surface area (Å²) < 4.78 is 0. The number of carbonyl (C=O) groups excluding carboxylic acids is 1. The van der Waals surface area contributed by atoms with Gasteiger partial charge in [0.15, 0.2) is 0 Å². The number of hydrogen-bond acceptors (Lipinski definition) is 3. The zero-order valence-electron chi connectivity index (χ0n) is 9.00. The maximum absolute atomic E-state index is 11.6. The van der Waals surface area contributed by atoms with Crippen LogP contribution < -0.4 is 5.32 Å². The first-order valence-electron chi connectivity index (χ1n) is 4.87.